The molecule has 2 aromatic carbocycles. The summed E-state index contributed by atoms with van der Waals surface area (Å²) >= 11 is 0. The fraction of sp³-hybridized carbons (Fsp3) is 0.273. The van der Waals surface area contributed by atoms with Crippen LogP contribution in [0, 0.1) is 0 Å². The van der Waals surface area contributed by atoms with Crippen molar-refractivity contribution in [2.24, 2.45) is 5.73 Å². The van der Waals surface area contributed by atoms with Gasteiger partial charge in [0.1, 0.15) is 5.82 Å². The van der Waals surface area contributed by atoms with Gasteiger partial charge in [0.15, 0.2) is 0 Å². The Bertz CT molecular complexity index is 978. The second-order valence-electron chi connectivity index (χ2n) is 6.76. The molecule has 3 aromatic rings. The number of hydroxylamine groups is 1. The van der Waals surface area contributed by atoms with Gasteiger partial charge >= 0.3 is 0 Å². The SMILES string of the molecule is CCCCC(CN)n1c(-c2cccc(/C=C/C(=O)NO)c2)nc2ccccc21. The van der Waals surface area contributed by atoms with Crippen LogP contribution in [0.15, 0.2) is 54.6 Å². The Labute approximate surface area is 164 Å². The molecule has 0 spiro atoms. The van der Waals surface area contributed by atoms with Crippen LogP contribution in [-0.2, 0) is 4.79 Å². The number of benzene rings is 2. The van der Waals surface area contributed by atoms with Crippen molar-refractivity contribution >= 4 is 23.0 Å². The largest absolute Gasteiger partial charge is 0.328 e. The number of aromatic nitrogens is 2. The molecule has 4 N–H and O–H groups in total. The number of hydrogen-bond donors (Lipinski definition) is 3. The molecule has 6 nitrogen and oxygen atoms in total. The lowest BCUT2D eigenvalue weighted by Gasteiger charge is -2.20. The molecule has 6 heteroatoms. The summed E-state index contributed by atoms with van der Waals surface area (Å²) in [4.78, 5) is 16.1. The van der Waals surface area contributed by atoms with Gasteiger partial charge in [-0.05, 0) is 36.3 Å². The average Bonchev–Trinajstić information content (AvgIpc) is 3.12. The monoisotopic (exact) mass is 378 g/mol. The van der Waals surface area contributed by atoms with Crippen LogP contribution in [0.2, 0.25) is 0 Å². The molecule has 1 heterocycles. The first-order valence-corrected chi connectivity index (χ1v) is 9.57. The Kier molecular flexibility index (Phi) is 6.57. The zero-order valence-corrected chi connectivity index (χ0v) is 16.0. The number of carbonyl (C=O) groups excluding carboxylic acids is 1. The smallest absolute Gasteiger partial charge is 0.267 e. The van der Waals surface area contributed by atoms with E-state index in [2.05, 4.69) is 17.6 Å². The molecule has 146 valence electrons. The Morgan fingerprint density at radius 1 is 1.29 bits per heavy atom. The van der Waals surface area contributed by atoms with E-state index in [-0.39, 0.29) is 6.04 Å². The van der Waals surface area contributed by atoms with Crippen molar-refractivity contribution in [2.75, 3.05) is 6.54 Å². The normalized spacial score (nSPS) is 12.5. The predicted octanol–water partition coefficient (Wildman–Crippen LogP) is 3.91. The molecule has 0 fully saturated rings. The molecule has 0 bridgehead atoms. The summed E-state index contributed by atoms with van der Waals surface area (Å²) < 4.78 is 2.24. The van der Waals surface area contributed by atoms with Crippen molar-refractivity contribution in [2.45, 2.75) is 32.2 Å². The highest BCUT2D eigenvalue weighted by atomic mass is 16.5. The highest BCUT2D eigenvalue weighted by molar-refractivity contribution is 5.91. The molecule has 0 saturated heterocycles. The third-order valence-corrected chi connectivity index (χ3v) is 4.81. The van der Waals surface area contributed by atoms with Crippen molar-refractivity contribution in [3.8, 4) is 11.4 Å². The van der Waals surface area contributed by atoms with Gasteiger partial charge in [0.05, 0.1) is 11.0 Å². The van der Waals surface area contributed by atoms with Crippen LogP contribution in [0.25, 0.3) is 28.5 Å². The van der Waals surface area contributed by atoms with Crippen LogP contribution < -0.4 is 11.2 Å². The summed E-state index contributed by atoms with van der Waals surface area (Å²) in [6.45, 7) is 2.72. The van der Waals surface area contributed by atoms with E-state index >= 15 is 0 Å². The Morgan fingerprint density at radius 3 is 2.86 bits per heavy atom. The van der Waals surface area contributed by atoms with E-state index in [4.69, 9.17) is 15.9 Å². The zero-order valence-electron chi connectivity index (χ0n) is 16.0. The van der Waals surface area contributed by atoms with Gasteiger partial charge in [0.2, 0.25) is 0 Å². The lowest BCUT2D eigenvalue weighted by Crippen LogP contribution is -2.20. The first-order chi connectivity index (χ1) is 13.7. The molecule has 0 aliphatic heterocycles. The van der Waals surface area contributed by atoms with Gasteiger partial charge < -0.3 is 10.3 Å². The summed E-state index contributed by atoms with van der Waals surface area (Å²) in [5.74, 6) is 0.301. The molecule has 28 heavy (non-hydrogen) atoms. The Morgan fingerprint density at radius 2 is 2.11 bits per heavy atom. The molecule has 1 unspecified atom stereocenters. The Hall–Kier alpha value is -2.96. The minimum absolute atomic E-state index is 0.168. The molecule has 0 aliphatic rings. The van der Waals surface area contributed by atoms with Crippen LogP contribution in [0.1, 0.15) is 37.8 Å². The number of para-hydroxylation sites is 2. The second-order valence-corrected chi connectivity index (χ2v) is 6.76. The van der Waals surface area contributed by atoms with Gasteiger partial charge in [-0.25, -0.2) is 10.5 Å². The minimum Gasteiger partial charge on any atom is -0.328 e. The molecule has 0 radical (unpaired) electrons. The number of fused-ring (bicyclic) bond motifs is 1. The topological polar surface area (TPSA) is 93.2 Å². The van der Waals surface area contributed by atoms with Gasteiger partial charge in [-0.2, -0.15) is 0 Å². The van der Waals surface area contributed by atoms with Gasteiger partial charge in [0, 0.05) is 24.2 Å². The van der Waals surface area contributed by atoms with Crippen LogP contribution in [-0.4, -0.2) is 27.2 Å². The van der Waals surface area contributed by atoms with Crippen LogP contribution >= 0.6 is 0 Å². The number of nitrogens with one attached hydrogen (secondary N) is 1. The number of rotatable bonds is 8. The predicted molar refractivity (Wildman–Crippen MR) is 112 cm³/mol. The van der Waals surface area contributed by atoms with Gasteiger partial charge in [-0.1, -0.05) is 50.1 Å². The molecular formula is C22H26N4O2. The summed E-state index contributed by atoms with van der Waals surface area (Å²) in [7, 11) is 0. The van der Waals surface area contributed by atoms with Crippen molar-refractivity contribution in [1.29, 1.82) is 0 Å². The maximum Gasteiger partial charge on any atom is 0.267 e. The van der Waals surface area contributed by atoms with E-state index in [0.29, 0.717) is 6.54 Å². The highest BCUT2D eigenvalue weighted by Gasteiger charge is 2.19. The van der Waals surface area contributed by atoms with E-state index in [1.165, 1.54) is 6.08 Å². The standard InChI is InChI=1S/C22H26N4O2/c1-2-3-9-18(15-23)26-20-11-5-4-10-19(20)24-22(26)17-8-6-7-16(14-17)12-13-21(27)25-28/h4-8,10-14,18,28H,2-3,9,15,23H2,1H3,(H,25,27)/b13-12+. The van der Waals surface area contributed by atoms with Crippen LogP contribution in [0.4, 0.5) is 0 Å². The number of hydrogen-bond acceptors (Lipinski definition) is 4. The van der Waals surface area contributed by atoms with Crippen molar-refractivity contribution < 1.29 is 10.0 Å². The summed E-state index contributed by atoms with van der Waals surface area (Å²) in [5, 5.41) is 8.65. The fourth-order valence-electron chi connectivity index (χ4n) is 3.40. The van der Waals surface area contributed by atoms with Gasteiger partial charge in [-0.3, -0.25) is 10.0 Å². The average molecular weight is 378 g/mol. The number of nitrogens with two attached hydrogens (primary N) is 1. The van der Waals surface area contributed by atoms with Crippen molar-refractivity contribution in [3.05, 3.63) is 60.2 Å². The van der Waals surface area contributed by atoms with Gasteiger partial charge in [0.25, 0.3) is 5.91 Å². The quantitative estimate of drug-likeness (QED) is 0.315. The molecule has 1 aromatic heterocycles. The lowest BCUT2D eigenvalue weighted by atomic mass is 10.1. The lowest BCUT2D eigenvalue weighted by molar-refractivity contribution is -0.124. The summed E-state index contributed by atoms with van der Waals surface area (Å²) in [6.07, 6.45) is 6.15. The third kappa shape index (κ3) is 4.30. The highest BCUT2D eigenvalue weighted by Crippen LogP contribution is 2.30. The fourth-order valence-corrected chi connectivity index (χ4v) is 3.40. The maximum absolute atomic E-state index is 11.3. The molecule has 1 atom stereocenters. The van der Waals surface area contributed by atoms with E-state index in [1.54, 1.807) is 11.6 Å². The molecule has 1 amide bonds. The van der Waals surface area contributed by atoms with Gasteiger partial charge in [-0.15, -0.1) is 0 Å². The van der Waals surface area contributed by atoms with E-state index in [0.717, 1.165) is 47.2 Å². The van der Waals surface area contributed by atoms with Crippen LogP contribution in [0.5, 0.6) is 0 Å². The van der Waals surface area contributed by atoms with Crippen molar-refractivity contribution in [3.63, 3.8) is 0 Å². The first-order valence-electron chi connectivity index (χ1n) is 9.57. The zero-order chi connectivity index (χ0) is 19.9. The number of amides is 1. The minimum atomic E-state index is -0.569. The van der Waals surface area contributed by atoms with Crippen molar-refractivity contribution in [1.82, 2.24) is 15.0 Å². The van der Waals surface area contributed by atoms with Crippen LogP contribution in [0.3, 0.4) is 0 Å². The second kappa shape index (κ2) is 9.30. The molecule has 0 saturated carbocycles. The summed E-state index contributed by atoms with van der Waals surface area (Å²) in [6, 6.07) is 16.1. The number of unbranched alkanes of at least 4 members (excludes halogenated alkanes) is 1. The third-order valence-electron chi connectivity index (χ3n) is 4.81. The molecule has 0 aliphatic carbocycles. The molecular weight excluding hydrogens is 352 g/mol. The molecule has 3 rings (SSSR count). The van der Waals surface area contributed by atoms with E-state index in [9.17, 15) is 4.79 Å². The van der Waals surface area contributed by atoms with E-state index in [1.807, 2.05) is 42.5 Å². The first kappa shape index (κ1) is 19.8. The number of nitrogens with zero attached hydrogens (tertiary/aromatic N) is 2. The summed E-state index contributed by atoms with van der Waals surface area (Å²) in [5.41, 5.74) is 11.5. The van der Waals surface area contributed by atoms with E-state index < -0.39 is 5.91 Å². The Balaban J connectivity index is 2.09. The maximum atomic E-state index is 11.3. The number of imidazole rings is 1. The number of carbonyl (C=O) groups is 1.